The fourth-order valence-corrected chi connectivity index (χ4v) is 2.27. The number of anilines is 2. The fraction of sp³-hybridized carbons (Fsp3) is 0.333. The van der Waals surface area contributed by atoms with E-state index in [1.165, 1.54) is 17.0 Å². The van der Waals surface area contributed by atoms with E-state index in [0.29, 0.717) is 35.9 Å². The van der Waals surface area contributed by atoms with Crippen LogP contribution in [0, 0.1) is 12.7 Å². The van der Waals surface area contributed by atoms with Crippen molar-refractivity contribution >= 4 is 17.3 Å². The zero-order valence-corrected chi connectivity index (χ0v) is 12.4. The number of nitrogens with zero attached hydrogens (tertiary/aromatic N) is 3. The van der Waals surface area contributed by atoms with Crippen molar-refractivity contribution in [2.75, 3.05) is 17.2 Å². The van der Waals surface area contributed by atoms with Crippen LogP contribution in [0.15, 0.2) is 24.3 Å². The maximum atomic E-state index is 13.4. The monoisotopic (exact) mass is 290 g/mol. The molecule has 0 unspecified atom stereocenters. The molecule has 2 N–H and O–H groups in total. The second-order valence-corrected chi connectivity index (χ2v) is 4.69. The van der Waals surface area contributed by atoms with Crippen LogP contribution in [0.2, 0.25) is 0 Å². The van der Waals surface area contributed by atoms with Crippen LogP contribution in [-0.4, -0.2) is 22.2 Å². The number of aryl methyl sites for hydroxylation is 2. The third-order valence-corrected chi connectivity index (χ3v) is 3.36. The molecule has 1 aromatic carbocycles. The predicted octanol–water partition coefficient (Wildman–Crippen LogP) is 2.60. The van der Waals surface area contributed by atoms with Crippen molar-refractivity contribution in [2.24, 2.45) is 0 Å². The smallest absolute Gasteiger partial charge is 0.278 e. The Labute approximate surface area is 123 Å². The molecule has 1 heterocycles. The molecule has 6 heteroatoms. The number of halogens is 1. The van der Waals surface area contributed by atoms with Gasteiger partial charge in [-0.3, -0.25) is 9.48 Å². The lowest BCUT2D eigenvalue weighted by molar-refractivity contribution is 0.0979. The highest BCUT2D eigenvalue weighted by molar-refractivity contribution is 6.08. The van der Waals surface area contributed by atoms with E-state index in [-0.39, 0.29) is 11.7 Å². The summed E-state index contributed by atoms with van der Waals surface area (Å²) in [5.41, 5.74) is 7.82. The first-order chi connectivity index (χ1) is 9.99. The van der Waals surface area contributed by atoms with Gasteiger partial charge in [-0.1, -0.05) is 6.07 Å². The Morgan fingerprint density at radius 3 is 2.71 bits per heavy atom. The molecule has 0 aliphatic carbocycles. The second-order valence-electron chi connectivity index (χ2n) is 4.69. The van der Waals surface area contributed by atoms with Crippen LogP contribution in [0.5, 0.6) is 0 Å². The first kappa shape index (κ1) is 15.0. The largest absolute Gasteiger partial charge is 0.395 e. The second kappa shape index (κ2) is 5.95. The molecule has 0 saturated heterocycles. The van der Waals surface area contributed by atoms with Crippen LogP contribution in [0.3, 0.4) is 0 Å². The maximum Gasteiger partial charge on any atom is 0.278 e. The molecule has 0 spiro atoms. The minimum Gasteiger partial charge on any atom is -0.395 e. The number of aromatic nitrogens is 2. The van der Waals surface area contributed by atoms with Gasteiger partial charge in [0.15, 0.2) is 0 Å². The summed E-state index contributed by atoms with van der Waals surface area (Å²) in [4.78, 5) is 14.3. The van der Waals surface area contributed by atoms with Crippen molar-refractivity contribution in [1.29, 1.82) is 0 Å². The molecule has 1 amide bonds. The van der Waals surface area contributed by atoms with Crippen molar-refractivity contribution in [2.45, 2.75) is 27.3 Å². The molecule has 2 rings (SSSR count). The summed E-state index contributed by atoms with van der Waals surface area (Å²) in [6.45, 7) is 6.44. The van der Waals surface area contributed by atoms with Gasteiger partial charge in [-0.2, -0.15) is 5.10 Å². The highest BCUT2D eigenvalue weighted by Gasteiger charge is 2.24. The molecule has 0 saturated carbocycles. The summed E-state index contributed by atoms with van der Waals surface area (Å²) in [5, 5.41) is 4.25. The molecule has 0 bridgehead atoms. The van der Waals surface area contributed by atoms with Gasteiger partial charge < -0.3 is 10.6 Å². The third kappa shape index (κ3) is 2.74. The minimum atomic E-state index is -0.382. The quantitative estimate of drug-likeness (QED) is 0.941. The molecule has 0 aliphatic heterocycles. The lowest BCUT2D eigenvalue weighted by Crippen LogP contribution is -2.33. The van der Waals surface area contributed by atoms with Gasteiger partial charge in [0.1, 0.15) is 11.5 Å². The van der Waals surface area contributed by atoms with Gasteiger partial charge in [-0.25, -0.2) is 4.39 Å². The molecular weight excluding hydrogens is 271 g/mol. The Kier molecular flexibility index (Phi) is 4.26. The van der Waals surface area contributed by atoms with E-state index in [0.717, 1.165) is 0 Å². The Morgan fingerprint density at radius 2 is 2.14 bits per heavy atom. The van der Waals surface area contributed by atoms with Gasteiger partial charge in [0.05, 0.1) is 11.4 Å². The van der Waals surface area contributed by atoms with Gasteiger partial charge in [0, 0.05) is 18.8 Å². The average molecular weight is 290 g/mol. The number of benzene rings is 1. The number of nitrogen functional groups attached to an aromatic ring is 1. The summed E-state index contributed by atoms with van der Waals surface area (Å²) < 4.78 is 15.0. The third-order valence-electron chi connectivity index (χ3n) is 3.36. The summed E-state index contributed by atoms with van der Waals surface area (Å²) in [5.74, 6) is -0.657. The van der Waals surface area contributed by atoms with E-state index in [1.807, 2.05) is 13.8 Å². The Hall–Kier alpha value is -2.37. The highest BCUT2D eigenvalue weighted by atomic mass is 19.1. The SMILES string of the molecule is CCN(C(=O)c1c(N)c(C)nn1CC)c1cccc(F)c1. The number of hydrogen-bond acceptors (Lipinski definition) is 3. The first-order valence-corrected chi connectivity index (χ1v) is 6.89. The van der Waals surface area contributed by atoms with Crippen LogP contribution in [0.25, 0.3) is 0 Å². The van der Waals surface area contributed by atoms with Gasteiger partial charge >= 0.3 is 0 Å². The molecule has 21 heavy (non-hydrogen) atoms. The van der Waals surface area contributed by atoms with Crippen LogP contribution in [0.1, 0.15) is 30.0 Å². The van der Waals surface area contributed by atoms with E-state index in [1.54, 1.807) is 23.7 Å². The number of hydrogen-bond donors (Lipinski definition) is 1. The van der Waals surface area contributed by atoms with Crippen molar-refractivity contribution in [3.05, 3.63) is 41.5 Å². The number of nitrogens with two attached hydrogens (primary N) is 1. The zero-order valence-electron chi connectivity index (χ0n) is 12.4. The molecule has 0 fully saturated rings. The van der Waals surface area contributed by atoms with Gasteiger partial charge in [-0.15, -0.1) is 0 Å². The summed E-state index contributed by atoms with van der Waals surface area (Å²) in [7, 11) is 0. The molecule has 1 aromatic heterocycles. The van der Waals surface area contributed by atoms with Crippen molar-refractivity contribution in [3.63, 3.8) is 0 Å². The highest BCUT2D eigenvalue weighted by Crippen LogP contribution is 2.23. The molecule has 0 aliphatic rings. The fourth-order valence-electron chi connectivity index (χ4n) is 2.27. The molecule has 2 aromatic rings. The zero-order chi connectivity index (χ0) is 15.6. The van der Waals surface area contributed by atoms with Crippen LogP contribution >= 0.6 is 0 Å². The lowest BCUT2D eigenvalue weighted by atomic mass is 10.2. The minimum absolute atomic E-state index is 0.275. The predicted molar refractivity (Wildman–Crippen MR) is 80.8 cm³/mol. The summed E-state index contributed by atoms with van der Waals surface area (Å²) >= 11 is 0. The van der Waals surface area contributed by atoms with E-state index >= 15 is 0 Å². The van der Waals surface area contributed by atoms with E-state index in [2.05, 4.69) is 5.10 Å². The van der Waals surface area contributed by atoms with Gasteiger partial charge in [0.2, 0.25) is 0 Å². The molecule has 5 nitrogen and oxygen atoms in total. The lowest BCUT2D eigenvalue weighted by Gasteiger charge is -2.21. The molecule has 0 atom stereocenters. The Morgan fingerprint density at radius 1 is 1.43 bits per heavy atom. The van der Waals surface area contributed by atoms with Crippen LogP contribution < -0.4 is 10.6 Å². The Bertz CT molecular complexity index is 666. The number of carbonyl (C=O) groups excluding carboxylic acids is 1. The van der Waals surface area contributed by atoms with Gasteiger partial charge in [0.25, 0.3) is 5.91 Å². The van der Waals surface area contributed by atoms with Gasteiger partial charge in [-0.05, 0) is 39.0 Å². The number of carbonyl (C=O) groups is 1. The van der Waals surface area contributed by atoms with E-state index < -0.39 is 0 Å². The molecular formula is C15H19FN4O. The van der Waals surface area contributed by atoms with E-state index in [9.17, 15) is 9.18 Å². The topological polar surface area (TPSA) is 64.2 Å². The van der Waals surface area contributed by atoms with Crippen molar-refractivity contribution in [3.8, 4) is 0 Å². The van der Waals surface area contributed by atoms with Crippen LogP contribution in [-0.2, 0) is 6.54 Å². The average Bonchev–Trinajstić information content (AvgIpc) is 2.75. The summed E-state index contributed by atoms with van der Waals surface area (Å²) in [6.07, 6.45) is 0. The molecule has 112 valence electrons. The number of amides is 1. The first-order valence-electron chi connectivity index (χ1n) is 6.89. The standard InChI is InChI=1S/C15H19FN4O/c1-4-19(12-8-6-7-11(16)9-12)15(21)14-13(17)10(3)18-20(14)5-2/h6-9H,4-5,17H2,1-3H3. The summed E-state index contributed by atoms with van der Waals surface area (Å²) in [6, 6.07) is 5.94. The number of rotatable bonds is 4. The van der Waals surface area contributed by atoms with Crippen LogP contribution in [0.4, 0.5) is 15.8 Å². The molecule has 0 radical (unpaired) electrons. The normalized spacial score (nSPS) is 10.7. The van der Waals surface area contributed by atoms with Crippen molar-refractivity contribution < 1.29 is 9.18 Å². The maximum absolute atomic E-state index is 13.4. The Balaban J connectivity index is 2.46. The van der Waals surface area contributed by atoms with Crippen molar-refractivity contribution in [1.82, 2.24) is 9.78 Å². The van der Waals surface area contributed by atoms with E-state index in [4.69, 9.17) is 5.73 Å².